The second-order valence-corrected chi connectivity index (χ2v) is 4.52. The summed E-state index contributed by atoms with van der Waals surface area (Å²) < 4.78 is 0. The minimum atomic E-state index is 0.794. The predicted octanol–water partition coefficient (Wildman–Crippen LogP) is 4.95. The lowest BCUT2D eigenvalue weighted by molar-refractivity contribution is 1.58. The van der Waals surface area contributed by atoms with Gasteiger partial charge in [-0.3, -0.25) is 0 Å². The van der Waals surface area contributed by atoms with Crippen molar-refractivity contribution in [2.75, 3.05) is 0 Å². The molecule has 16 heavy (non-hydrogen) atoms. The Labute approximate surface area is 99.5 Å². The summed E-state index contributed by atoms with van der Waals surface area (Å²) in [6.07, 6.45) is 0. The van der Waals surface area contributed by atoms with Gasteiger partial charge in [-0.1, -0.05) is 41.9 Å². The molecule has 0 aliphatic rings. The van der Waals surface area contributed by atoms with Crippen LogP contribution in [0.1, 0.15) is 5.56 Å². The number of benzene rings is 3. The summed E-state index contributed by atoms with van der Waals surface area (Å²) in [4.78, 5) is 0. The monoisotopic (exact) mass is 226 g/mol. The van der Waals surface area contributed by atoms with Gasteiger partial charge in [0.15, 0.2) is 0 Å². The van der Waals surface area contributed by atoms with Gasteiger partial charge in [-0.25, -0.2) is 0 Å². The minimum Gasteiger partial charge on any atom is -0.0843 e. The third-order valence-electron chi connectivity index (χ3n) is 3.09. The normalized spacial score (nSPS) is 11.1. The average molecular weight is 227 g/mol. The smallest absolute Gasteiger partial charge is 0.0412 e. The van der Waals surface area contributed by atoms with Gasteiger partial charge in [0.05, 0.1) is 0 Å². The molecular formula is C15H11Cl. The summed E-state index contributed by atoms with van der Waals surface area (Å²) in [6, 6.07) is 16.7. The quantitative estimate of drug-likeness (QED) is 0.476. The molecule has 0 saturated heterocycles. The number of hydrogen-bond donors (Lipinski definition) is 0. The Bertz CT molecular complexity index is 683. The van der Waals surface area contributed by atoms with Gasteiger partial charge < -0.3 is 0 Å². The molecule has 78 valence electrons. The van der Waals surface area contributed by atoms with E-state index in [1.807, 2.05) is 12.1 Å². The van der Waals surface area contributed by atoms with Gasteiger partial charge >= 0.3 is 0 Å². The minimum absolute atomic E-state index is 0.794. The lowest BCUT2D eigenvalue weighted by atomic mass is 9.98. The largest absolute Gasteiger partial charge is 0.0843 e. The Kier molecular flexibility index (Phi) is 2.12. The van der Waals surface area contributed by atoms with Crippen molar-refractivity contribution >= 4 is 33.1 Å². The zero-order valence-corrected chi connectivity index (χ0v) is 9.75. The van der Waals surface area contributed by atoms with Crippen molar-refractivity contribution in [3.63, 3.8) is 0 Å². The molecule has 3 aromatic rings. The number of fused-ring (bicyclic) bond motifs is 2. The van der Waals surface area contributed by atoms with Gasteiger partial charge in [-0.2, -0.15) is 0 Å². The summed E-state index contributed by atoms with van der Waals surface area (Å²) in [5.41, 5.74) is 1.32. The maximum atomic E-state index is 6.02. The fourth-order valence-electron chi connectivity index (χ4n) is 2.27. The molecule has 0 atom stereocenters. The highest BCUT2D eigenvalue weighted by Gasteiger charge is 2.03. The fraction of sp³-hybridized carbons (Fsp3) is 0.0667. The van der Waals surface area contributed by atoms with E-state index in [1.165, 1.54) is 27.1 Å². The first-order valence-corrected chi connectivity index (χ1v) is 5.71. The molecule has 0 fully saturated rings. The molecular weight excluding hydrogens is 216 g/mol. The van der Waals surface area contributed by atoms with Crippen LogP contribution in [0.4, 0.5) is 0 Å². The molecule has 1 heteroatoms. The van der Waals surface area contributed by atoms with E-state index in [0.29, 0.717) is 0 Å². The van der Waals surface area contributed by atoms with E-state index in [-0.39, 0.29) is 0 Å². The number of rotatable bonds is 0. The van der Waals surface area contributed by atoms with Crippen LogP contribution in [0.25, 0.3) is 21.5 Å². The maximum absolute atomic E-state index is 6.02. The van der Waals surface area contributed by atoms with Gasteiger partial charge in [0.25, 0.3) is 0 Å². The number of halogens is 1. The van der Waals surface area contributed by atoms with Crippen LogP contribution in [0, 0.1) is 6.92 Å². The molecule has 0 aliphatic carbocycles. The van der Waals surface area contributed by atoms with Crippen LogP contribution in [0.5, 0.6) is 0 Å². The average Bonchev–Trinajstić information content (AvgIpc) is 2.29. The topological polar surface area (TPSA) is 0 Å². The molecule has 0 spiro atoms. The van der Waals surface area contributed by atoms with Gasteiger partial charge in [0.1, 0.15) is 0 Å². The van der Waals surface area contributed by atoms with Crippen molar-refractivity contribution in [2.24, 2.45) is 0 Å². The van der Waals surface area contributed by atoms with E-state index >= 15 is 0 Å². The van der Waals surface area contributed by atoms with Crippen LogP contribution in [-0.4, -0.2) is 0 Å². The van der Waals surface area contributed by atoms with Crippen molar-refractivity contribution in [3.8, 4) is 0 Å². The fourth-order valence-corrected chi connectivity index (χ4v) is 2.45. The van der Waals surface area contributed by atoms with Crippen LogP contribution >= 0.6 is 11.6 Å². The second-order valence-electron chi connectivity index (χ2n) is 4.09. The van der Waals surface area contributed by atoms with Crippen LogP contribution in [-0.2, 0) is 0 Å². The van der Waals surface area contributed by atoms with E-state index in [9.17, 15) is 0 Å². The van der Waals surface area contributed by atoms with Crippen LogP contribution in [0.2, 0.25) is 5.02 Å². The maximum Gasteiger partial charge on any atom is 0.0412 e. The number of hydrogen-bond acceptors (Lipinski definition) is 0. The molecule has 0 aliphatic heterocycles. The summed E-state index contributed by atoms with van der Waals surface area (Å²) >= 11 is 6.02. The summed E-state index contributed by atoms with van der Waals surface area (Å²) in [5.74, 6) is 0. The van der Waals surface area contributed by atoms with E-state index in [2.05, 4.69) is 43.3 Å². The van der Waals surface area contributed by atoms with Crippen LogP contribution < -0.4 is 0 Å². The summed E-state index contributed by atoms with van der Waals surface area (Å²) in [5, 5.41) is 5.88. The highest BCUT2D eigenvalue weighted by molar-refractivity contribution is 6.31. The van der Waals surface area contributed by atoms with E-state index in [1.54, 1.807) is 0 Å². The number of aryl methyl sites for hydroxylation is 1. The molecule has 0 N–H and O–H groups in total. The molecule has 0 heterocycles. The van der Waals surface area contributed by atoms with Gasteiger partial charge in [-0.05, 0) is 52.2 Å². The third-order valence-corrected chi connectivity index (χ3v) is 3.33. The van der Waals surface area contributed by atoms with Crippen LogP contribution in [0.15, 0.2) is 48.5 Å². The highest BCUT2D eigenvalue weighted by Crippen LogP contribution is 2.29. The van der Waals surface area contributed by atoms with Gasteiger partial charge in [0.2, 0.25) is 0 Å². The Hall–Kier alpha value is -1.53. The van der Waals surface area contributed by atoms with Crippen molar-refractivity contribution in [3.05, 3.63) is 59.1 Å². The van der Waals surface area contributed by atoms with Crippen molar-refractivity contribution < 1.29 is 0 Å². The zero-order valence-electron chi connectivity index (χ0n) is 9.00. The third kappa shape index (κ3) is 1.38. The second kappa shape index (κ2) is 3.50. The summed E-state index contributed by atoms with van der Waals surface area (Å²) in [6.45, 7) is 2.17. The van der Waals surface area contributed by atoms with Gasteiger partial charge in [-0.15, -0.1) is 0 Å². The Morgan fingerprint density at radius 1 is 0.812 bits per heavy atom. The van der Waals surface area contributed by atoms with E-state index < -0.39 is 0 Å². The highest BCUT2D eigenvalue weighted by atomic mass is 35.5. The predicted molar refractivity (Wildman–Crippen MR) is 71.2 cm³/mol. The first-order valence-electron chi connectivity index (χ1n) is 5.33. The molecule has 0 unspecified atom stereocenters. The van der Waals surface area contributed by atoms with E-state index in [0.717, 1.165) is 5.02 Å². The lowest BCUT2D eigenvalue weighted by Gasteiger charge is -2.07. The first kappa shape index (κ1) is 9.68. The standard InChI is InChI=1S/C15H11Cl/c1-10-14-5-3-2-4-11(14)8-12-9-13(16)6-7-15(10)12/h2-9H,1H3. The molecule has 0 amide bonds. The Morgan fingerprint density at radius 3 is 2.44 bits per heavy atom. The molecule has 0 bridgehead atoms. The van der Waals surface area contributed by atoms with Crippen molar-refractivity contribution in [1.82, 2.24) is 0 Å². The van der Waals surface area contributed by atoms with Crippen LogP contribution in [0.3, 0.4) is 0 Å². The first-order chi connectivity index (χ1) is 7.75. The molecule has 3 rings (SSSR count). The SMILES string of the molecule is Cc1c2ccccc2cc2cc(Cl)ccc12. The Morgan fingerprint density at radius 2 is 1.56 bits per heavy atom. The lowest BCUT2D eigenvalue weighted by Crippen LogP contribution is -1.82. The van der Waals surface area contributed by atoms with Crippen molar-refractivity contribution in [2.45, 2.75) is 6.92 Å². The molecule has 0 saturated carbocycles. The molecule has 0 nitrogen and oxygen atoms in total. The van der Waals surface area contributed by atoms with Crippen molar-refractivity contribution in [1.29, 1.82) is 0 Å². The zero-order chi connectivity index (χ0) is 11.1. The van der Waals surface area contributed by atoms with Gasteiger partial charge in [0, 0.05) is 5.02 Å². The molecule has 0 aromatic heterocycles. The molecule has 3 aromatic carbocycles. The Balaban J connectivity index is 2.55. The molecule has 0 radical (unpaired) electrons. The summed E-state index contributed by atoms with van der Waals surface area (Å²) in [7, 11) is 0. The van der Waals surface area contributed by atoms with E-state index in [4.69, 9.17) is 11.6 Å².